The molecule has 0 atom stereocenters. The molecule has 1 heterocycles. The van der Waals surface area contributed by atoms with Crippen molar-refractivity contribution >= 4 is 11.3 Å². The van der Waals surface area contributed by atoms with Gasteiger partial charge < -0.3 is 4.98 Å². The van der Waals surface area contributed by atoms with Crippen LogP contribution in [0.15, 0.2) is 29.1 Å². The van der Waals surface area contributed by atoms with E-state index in [-0.39, 0.29) is 16.6 Å². The summed E-state index contributed by atoms with van der Waals surface area (Å²) in [6.45, 7) is 4.03. The first kappa shape index (κ1) is 11.1. The van der Waals surface area contributed by atoms with Gasteiger partial charge in [-0.15, -0.1) is 0 Å². The number of thiazole rings is 1. The zero-order valence-electron chi connectivity index (χ0n) is 9.08. The first-order valence-corrected chi connectivity index (χ1v) is 5.88. The number of hydrogen-bond donors (Lipinski definition) is 1. The largest absolute Gasteiger partial charge is 0.312 e. The van der Waals surface area contributed by atoms with E-state index in [2.05, 4.69) is 4.98 Å². The highest BCUT2D eigenvalue weighted by Gasteiger charge is 2.13. The van der Waals surface area contributed by atoms with Crippen LogP contribution in [0, 0.1) is 5.82 Å². The Bertz CT molecular complexity index is 556. The quantitative estimate of drug-likeness (QED) is 0.853. The van der Waals surface area contributed by atoms with E-state index in [1.54, 1.807) is 12.1 Å². The molecule has 0 unspecified atom stereocenters. The molecule has 16 heavy (non-hydrogen) atoms. The van der Waals surface area contributed by atoms with Crippen molar-refractivity contribution in [2.24, 2.45) is 0 Å². The van der Waals surface area contributed by atoms with Crippen LogP contribution in [0.25, 0.3) is 11.3 Å². The summed E-state index contributed by atoms with van der Waals surface area (Å²) < 4.78 is 13.1. The fourth-order valence-electron chi connectivity index (χ4n) is 1.61. The summed E-state index contributed by atoms with van der Waals surface area (Å²) >= 11 is 1.19. The molecule has 2 nitrogen and oxygen atoms in total. The lowest BCUT2D eigenvalue weighted by atomic mass is 10.1. The molecule has 0 fully saturated rings. The number of halogens is 1. The molecular formula is C12H12FNOS. The Morgan fingerprint density at radius 2 is 2.12 bits per heavy atom. The van der Waals surface area contributed by atoms with E-state index in [0.717, 1.165) is 16.1 Å². The Hall–Kier alpha value is -1.42. The highest BCUT2D eigenvalue weighted by molar-refractivity contribution is 7.09. The molecule has 0 bridgehead atoms. The lowest BCUT2D eigenvalue weighted by molar-refractivity contribution is 0.628. The van der Waals surface area contributed by atoms with E-state index in [4.69, 9.17) is 0 Å². The van der Waals surface area contributed by atoms with Crippen LogP contribution in [-0.2, 0) is 0 Å². The molecule has 0 aliphatic heterocycles. The van der Waals surface area contributed by atoms with Crippen molar-refractivity contribution in [2.75, 3.05) is 0 Å². The predicted molar refractivity (Wildman–Crippen MR) is 64.4 cm³/mol. The third-order valence-corrected chi connectivity index (χ3v) is 3.50. The molecule has 1 N–H and O–H groups in total. The van der Waals surface area contributed by atoms with Gasteiger partial charge in [-0.05, 0) is 18.1 Å². The summed E-state index contributed by atoms with van der Waals surface area (Å²) in [5, 5.41) is 0. The van der Waals surface area contributed by atoms with Gasteiger partial charge in [0.25, 0.3) is 0 Å². The highest BCUT2D eigenvalue weighted by Crippen LogP contribution is 2.29. The van der Waals surface area contributed by atoms with E-state index in [1.165, 1.54) is 23.5 Å². The second-order valence-corrected chi connectivity index (χ2v) is 4.93. The van der Waals surface area contributed by atoms with Crippen molar-refractivity contribution in [1.82, 2.24) is 4.98 Å². The van der Waals surface area contributed by atoms with Gasteiger partial charge in [0, 0.05) is 10.4 Å². The predicted octanol–water partition coefficient (Wildman–Crippen LogP) is 3.37. The van der Waals surface area contributed by atoms with Crippen molar-refractivity contribution < 1.29 is 4.39 Å². The molecule has 2 rings (SSSR count). The van der Waals surface area contributed by atoms with E-state index in [1.807, 2.05) is 13.8 Å². The Kier molecular flexibility index (Phi) is 2.92. The molecular weight excluding hydrogens is 225 g/mol. The molecule has 0 saturated carbocycles. The van der Waals surface area contributed by atoms with E-state index in [0.29, 0.717) is 0 Å². The number of H-pyrrole nitrogens is 1. The first-order valence-electron chi connectivity index (χ1n) is 5.07. The van der Waals surface area contributed by atoms with Crippen LogP contribution in [0.4, 0.5) is 4.39 Å². The number of rotatable bonds is 2. The molecule has 0 aliphatic carbocycles. The molecule has 1 aromatic heterocycles. The smallest absolute Gasteiger partial charge is 0.305 e. The van der Waals surface area contributed by atoms with E-state index in [9.17, 15) is 9.18 Å². The standard InChI is InChI=1S/C12H12FNOS/c1-7(2)11-10(14-12(15)16-11)8-4-3-5-9(13)6-8/h3-7H,1-2H3,(H,14,15). The molecule has 0 spiro atoms. The number of aromatic nitrogens is 1. The maximum Gasteiger partial charge on any atom is 0.305 e. The minimum atomic E-state index is -0.292. The topological polar surface area (TPSA) is 32.9 Å². The van der Waals surface area contributed by atoms with Gasteiger partial charge in [-0.3, -0.25) is 4.79 Å². The summed E-state index contributed by atoms with van der Waals surface area (Å²) in [5.41, 5.74) is 1.46. The minimum absolute atomic E-state index is 0.0945. The maximum atomic E-state index is 13.1. The Morgan fingerprint density at radius 3 is 2.75 bits per heavy atom. The highest BCUT2D eigenvalue weighted by atomic mass is 32.1. The second-order valence-electron chi connectivity index (χ2n) is 3.92. The van der Waals surface area contributed by atoms with Gasteiger partial charge in [0.05, 0.1) is 5.69 Å². The summed E-state index contributed by atoms with van der Waals surface area (Å²) in [5.74, 6) is -0.0403. The Balaban J connectivity index is 2.59. The zero-order valence-corrected chi connectivity index (χ0v) is 9.90. The first-order chi connectivity index (χ1) is 7.58. The monoisotopic (exact) mass is 237 g/mol. The number of hydrogen-bond acceptors (Lipinski definition) is 2. The fraction of sp³-hybridized carbons (Fsp3) is 0.250. The third kappa shape index (κ3) is 2.07. The van der Waals surface area contributed by atoms with Gasteiger partial charge >= 0.3 is 4.87 Å². The van der Waals surface area contributed by atoms with Crippen LogP contribution in [0.5, 0.6) is 0 Å². The lowest BCUT2D eigenvalue weighted by Gasteiger charge is -2.05. The van der Waals surface area contributed by atoms with Crippen LogP contribution >= 0.6 is 11.3 Å². The summed E-state index contributed by atoms with van der Waals surface area (Å²) in [6, 6.07) is 6.27. The molecule has 0 amide bonds. The number of nitrogens with one attached hydrogen (secondary N) is 1. The van der Waals surface area contributed by atoms with Crippen molar-refractivity contribution in [3.8, 4) is 11.3 Å². The molecule has 2 aromatic rings. The Labute approximate surface area is 96.8 Å². The lowest BCUT2D eigenvalue weighted by Crippen LogP contribution is -1.93. The zero-order chi connectivity index (χ0) is 11.7. The summed E-state index contributed by atoms with van der Waals surface area (Å²) in [7, 11) is 0. The van der Waals surface area contributed by atoms with Gasteiger partial charge in [0.1, 0.15) is 5.82 Å². The molecule has 84 valence electrons. The number of aromatic amines is 1. The van der Waals surface area contributed by atoms with Crippen LogP contribution in [-0.4, -0.2) is 4.98 Å². The van der Waals surface area contributed by atoms with Crippen molar-refractivity contribution in [1.29, 1.82) is 0 Å². The van der Waals surface area contributed by atoms with Crippen LogP contribution in [0.2, 0.25) is 0 Å². The average Bonchev–Trinajstić information content (AvgIpc) is 2.60. The minimum Gasteiger partial charge on any atom is -0.312 e. The van der Waals surface area contributed by atoms with Crippen molar-refractivity contribution in [3.63, 3.8) is 0 Å². The summed E-state index contributed by atoms with van der Waals surface area (Å²) in [4.78, 5) is 15.0. The molecule has 0 saturated heterocycles. The summed E-state index contributed by atoms with van der Waals surface area (Å²) in [6.07, 6.45) is 0. The maximum absolute atomic E-state index is 13.1. The van der Waals surface area contributed by atoms with Gasteiger partial charge in [-0.1, -0.05) is 37.3 Å². The van der Waals surface area contributed by atoms with E-state index >= 15 is 0 Å². The molecule has 1 aromatic carbocycles. The van der Waals surface area contributed by atoms with Gasteiger partial charge in [-0.25, -0.2) is 4.39 Å². The van der Waals surface area contributed by atoms with Crippen molar-refractivity contribution in [3.05, 3.63) is 44.6 Å². The number of benzene rings is 1. The van der Waals surface area contributed by atoms with Gasteiger partial charge in [0.15, 0.2) is 0 Å². The molecule has 0 radical (unpaired) electrons. The van der Waals surface area contributed by atoms with E-state index < -0.39 is 0 Å². The average molecular weight is 237 g/mol. The van der Waals surface area contributed by atoms with Crippen LogP contribution < -0.4 is 4.87 Å². The molecule has 4 heteroatoms. The van der Waals surface area contributed by atoms with Gasteiger partial charge in [-0.2, -0.15) is 0 Å². The second kappa shape index (κ2) is 4.22. The Morgan fingerprint density at radius 1 is 1.38 bits per heavy atom. The van der Waals surface area contributed by atoms with Crippen LogP contribution in [0.1, 0.15) is 24.6 Å². The SMILES string of the molecule is CC(C)c1sc(=O)[nH]c1-c1cccc(F)c1. The fourth-order valence-corrected chi connectivity index (χ4v) is 2.46. The van der Waals surface area contributed by atoms with Crippen molar-refractivity contribution in [2.45, 2.75) is 19.8 Å². The van der Waals surface area contributed by atoms with Crippen LogP contribution in [0.3, 0.4) is 0 Å². The normalized spacial score (nSPS) is 11.0. The molecule has 0 aliphatic rings. The van der Waals surface area contributed by atoms with Gasteiger partial charge in [0.2, 0.25) is 0 Å². The third-order valence-electron chi connectivity index (χ3n) is 2.31.